The zero-order chi connectivity index (χ0) is 14.3. The Morgan fingerprint density at radius 2 is 2.30 bits per heavy atom. The molecule has 1 fully saturated rings. The number of carboxylic acid groups (broad SMARTS) is 1. The molecule has 2 N–H and O–H groups in total. The van der Waals surface area contributed by atoms with E-state index in [1.165, 1.54) is 18.9 Å². The summed E-state index contributed by atoms with van der Waals surface area (Å²) in [4.78, 5) is 11.6. The van der Waals surface area contributed by atoms with Crippen molar-refractivity contribution in [3.05, 3.63) is 34.5 Å². The molecule has 0 saturated heterocycles. The highest BCUT2D eigenvalue weighted by Crippen LogP contribution is 2.35. The summed E-state index contributed by atoms with van der Waals surface area (Å²) in [5, 5.41) is 13.1. The van der Waals surface area contributed by atoms with Crippen LogP contribution >= 0.6 is 11.3 Å². The number of hydrogen-bond donors (Lipinski definition) is 2. The van der Waals surface area contributed by atoms with Gasteiger partial charge in [-0.3, -0.25) is 0 Å². The second-order valence-electron chi connectivity index (χ2n) is 5.33. The topological polar surface area (TPSA) is 49.3 Å². The van der Waals surface area contributed by atoms with Gasteiger partial charge in [0.1, 0.15) is 10.7 Å². The van der Waals surface area contributed by atoms with Gasteiger partial charge < -0.3 is 10.4 Å². The smallest absolute Gasteiger partial charge is 0.346 e. The average Bonchev–Trinajstić information content (AvgIpc) is 3.17. The molecule has 1 atom stereocenters. The van der Waals surface area contributed by atoms with Gasteiger partial charge in [-0.1, -0.05) is 6.07 Å². The van der Waals surface area contributed by atoms with Gasteiger partial charge in [0.2, 0.25) is 0 Å². The molecule has 0 amide bonds. The number of thiophene rings is 1. The molecule has 1 heterocycles. The minimum Gasteiger partial charge on any atom is -0.477 e. The predicted molar refractivity (Wildman–Crippen MR) is 77.8 cm³/mol. The summed E-state index contributed by atoms with van der Waals surface area (Å²) in [6, 6.07) is 5.11. The van der Waals surface area contributed by atoms with Crippen molar-refractivity contribution >= 4 is 27.4 Å². The Morgan fingerprint density at radius 1 is 1.55 bits per heavy atom. The third kappa shape index (κ3) is 2.43. The second kappa shape index (κ2) is 5.14. The van der Waals surface area contributed by atoms with Gasteiger partial charge in [0.15, 0.2) is 0 Å². The van der Waals surface area contributed by atoms with Crippen LogP contribution in [0, 0.1) is 11.7 Å². The lowest BCUT2D eigenvalue weighted by molar-refractivity contribution is 0.0701. The van der Waals surface area contributed by atoms with Crippen LogP contribution in [0.1, 0.15) is 35.0 Å². The number of hydrogen-bond acceptors (Lipinski definition) is 3. The fourth-order valence-corrected chi connectivity index (χ4v) is 3.61. The van der Waals surface area contributed by atoms with Crippen molar-refractivity contribution in [2.24, 2.45) is 5.92 Å². The van der Waals surface area contributed by atoms with Crippen LogP contribution in [-0.2, 0) is 6.54 Å². The Bertz CT molecular complexity index is 663. The maximum atomic E-state index is 14.0. The fourth-order valence-electron chi connectivity index (χ4n) is 2.53. The molecule has 1 aromatic heterocycles. The third-order valence-electron chi connectivity index (χ3n) is 3.89. The van der Waals surface area contributed by atoms with Gasteiger partial charge >= 0.3 is 5.97 Å². The van der Waals surface area contributed by atoms with Crippen molar-refractivity contribution in [1.82, 2.24) is 5.32 Å². The summed E-state index contributed by atoms with van der Waals surface area (Å²) in [5.41, 5.74) is 0.572. The highest BCUT2D eigenvalue weighted by Gasteiger charge is 2.28. The first-order chi connectivity index (χ1) is 9.58. The number of nitrogens with one attached hydrogen (secondary N) is 1. The van der Waals surface area contributed by atoms with E-state index in [4.69, 9.17) is 0 Å². The van der Waals surface area contributed by atoms with Gasteiger partial charge in [-0.05, 0) is 37.8 Å². The van der Waals surface area contributed by atoms with E-state index in [1.807, 2.05) is 0 Å². The molecule has 1 saturated carbocycles. The highest BCUT2D eigenvalue weighted by atomic mass is 32.1. The highest BCUT2D eigenvalue weighted by molar-refractivity contribution is 7.21. The lowest BCUT2D eigenvalue weighted by Crippen LogP contribution is -2.27. The molecule has 1 unspecified atom stereocenters. The lowest BCUT2D eigenvalue weighted by Gasteiger charge is -2.12. The van der Waals surface area contributed by atoms with E-state index in [1.54, 1.807) is 12.1 Å². The van der Waals surface area contributed by atoms with Crippen molar-refractivity contribution < 1.29 is 14.3 Å². The number of halogens is 1. The molecule has 1 aliphatic rings. The minimum atomic E-state index is -0.985. The monoisotopic (exact) mass is 293 g/mol. The molecule has 0 radical (unpaired) electrons. The van der Waals surface area contributed by atoms with E-state index in [9.17, 15) is 14.3 Å². The summed E-state index contributed by atoms with van der Waals surface area (Å²) in [5.74, 6) is -0.651. The maximum absolute atomic E-state index is 14.0. The van der Waals surface area contributed by atoms with Gasteiger partial charge in [0.05, 0.1) is 0 Å². The first-order valence-corrected chi connectivity index (χ1v) is 7.56. The fraction of sp³-hybridized carbons (Fsp3) is 0.400. The van der Waals surface area contributed by atoms with Crippen LogP contribution < -0.4 is 5.32 Å². The third-order valence-corrected chi connectivity index (χ3v) is 5.07. The summed E-state index contributed by atoms with van der Waals surface area (Å²) in [7, 11) is 0. The van der Waals surface area contributed by atoms with Crippen LogP contribution in [0.5, 0.6) is 0 Å². The molecule has 3 rings (SSSR count). The molecule has 0 bridgehead atoms. The van der Waals surface area contributed by atoms with Crippen LogP contribution in [0.15, 0.2) is 18.2 Å². The summed E-state index contributed by atoms with van der Waals surface area (Å²) >= 11 is 1.14. The Morgan fingerprint density at radius 3 is 2.95 bits per heavy atom. The Labute approximate surface area is 120 Å². The van der Waals surface area contributed by atoms with Crippen molar-refractivity contribution in [2.45, 2.75) is 32.4 Å². The molecule has 5 heteroatoms. The average molecular weight is 293 g/mol. The Hall–Kier alpha value is -1.46. The van der Waals surface area contributed by atoms with E-state index in [2.05, 4.69) is 12.2 Å². The molecule has 1 aliphatic carbocycles. The van der Waals surface area contributed by atoms with Crippen LogP contribution in [0.3, 0.4) is 0 Å². The van der Waals surface area contributed by atoms with Crippen LogP contribution in [0.4, 0.5) is 4.39 Å². The SMILES string of the molecule is CC(NCc1c(C(=O)O)sc2cccc(F)c12)C1CC1. The maximum Gasteiger partial charge on any atom is 0.346 e. The quantitative estimate of drug-likeness (QED) is 0.885. The number of benzene rings is 1. The molecule has 0 aliphatic heterocycles. The Kier molecular flexibility index (Phi) is 3.48. The molecule has 106 valence electrons. The summed E-state index contributed by atoms with van der Waals surface area (Å²) in [6.45, 7) is 2.50. The minimum absolute atomic E-state index is 0.237. The molecule has 0 spiro atoms. The largest absolute Gasteiger partial charge is 0.477 e. The van der Waals surface area contributed by atoms with Gasteiger partial charge in [-0.15, -0.1) is 11.3 Å². The first-order valence-electron chi connectivity index (χ1n) is 6.74. The molecule has 2 aromatic rings. The number of carbonyl (C=O) groups is 1. The number of fused-ring (bicyclic) bond motifs is 1. The zero-order valence-electron chi connectivity index (χ0n) is 11.1. The van der Waals surface area contributed by atoms with Crippen LogP contribution in [0.2, 0.25) is 0 Å². The van der Waals surface area contributed by atoms with E-state index >= 15 is 0 Å². The van der Waals surface area contributed by atoms with Gasteiger partial charge in [0.25, 0.3) is 0 Å². The second-order valence-corrected chi connectivity index (χ2v) is 6.39. The van der Waals surface area contributed by atoms with Crippen molar-refractivity contribution in [1.29, 1.82) is 0 Å². The number of carboxylic acids is 1. The van der Waals surface area contributed by atoms with Crippen LogP contribution in [0.25, 0.3) is 10.1 Å². The first kappa shape index (κ1) is 13.5. The normalized spacial score (nSPS) is 16.5. The van der Waals surface area contributed by atoms with E-state index < -0.39 is 5.97 Å². The van der Waals surface area contributed by atoms with Crippen LogP contribution in [-0.4, -0.2) is 17.1 Å². The molecular weight excluding hydrogens is 277 g/mol. The van der Waals surface area contributed by atoms with Gasteiger partial charge in [-0.2, -0.15) is 0 Å². The van der Waals surface area contributed by atoms with Gasteiger partial charge in [-0.25, -0.2) is 9.18 Å². The molecule has 1 aromatic carbocycles. The summed E-state index contributed by atoms with van der Waals surface area (Å²) in [6.07, 6.45) is 2.44. The lowest BCUT2D eigenvalue weighted by atomic mass is 10.1. The number of rotatable bonds is 5. The van der Waals surface area contributed by atoms with E-state index in [-0.39, 0.29) is 10.7 Å². The summed E-state index contributed by atoms with van der Waals surface area (Å²) < 4.78 is 14.7. The predicted octanol–water partition coefficient (Wildman–Crippen LogP) is 3.63. The standard InChI is InChI=1S/C15H16FNO2S/c1-8(9-5-6-9)17-7-10-13-11(16)3-2-4-12(13)20-14(10)15(18)19/h2-4,8-9,17H,5-7H2,1H3,(H,18,19). The Balaban J connectivity index is 1.97. The van der Waals surface area contributed by atoms with Crippen molar-refractivity contribution in [2.75, 3.05) is 0 Å². The van der Waals surface area contributed by atoms with Crippen molar-refractivity contribution in [3.8, 4) is 0 Å². The van der Waals surface area contributed by atoms with E-state index in [0.29, 0.717) is 34.2 Å². The van der Waals surface area contributed by atoms with Gasteiger partial charge in [0, 0.05) is 28.2 Å². The van der Waals surface area contributed by atoms with Crippen molar-refractivity contribution in [3.63, 3.8) is 0 Å². The zero-order valence-corrected chi connectivity index (χ0v) is 12.0. The molecule has 20 heavy (non-hydrogen) atoms. The molecule has 3 nitrogen and oxygen atoms in total. The van der Waals surface area contributed by atoms with E-state index in [0.717, 1.165) is 11.3 Å². The number of aromatic carboxylic acids is 1. The molecular formula is C15H16FNO2S.